The molecule has 10 nitrogen and oxygen atoms in total. The normalized spacial score (nSPS) is 14.4. The van der Waals surface area contributed by atoms with Crippen LogP contribution in [0.25, 0.3) is 27.9 Å². The molecule has 5 aromatic rings. The molecule has 0 aliphatic carbocycles. The summed E-state index contributed by atoms with van der Waals surface area (Å²) in [6, 6.07) is 9.88. The number of para-hydroxylation sites is 2. The summed E-state index contributed by atoms with van der Waals surface area (Å²) < 4.78 is 3.62. The van der Waals surface area contributed by atoms with Crippen LogP contribution in [0.4, 0.5) is 11.8 Å². The van der Waals surface area contributed by atoms with Crippen molar-refractivity contribution in [2.75, 3.05) is 42.2 Å². The Morgan fingerprint density at radius 3 is 2.78 bits per heavy atom. The average Bonchev–Trinajstić information content (AvgIpc) is 3.57. The lowest BCUT2D eigenvalue weighted by atomic mass is 10.3. The zero-order chi connectivity index (χ0) is 21.5. The second-order valence-electron chi connectivity index (χ2n) is 7.62. The number of nitrogens with two attached hydrogens (primary N) is 1. The zero-order valence-electron chi connectivity index (χ0n) is 17.3. The Morgan fingerprint density at radius 2 is 1.97 bits per heavy atom. The highest BCUT2D eigenvalue weighted by molar-refractivity contribution is 7.08. The molecule has 162 valence electrons. The van der Waals surface area contributed by atoms with Gasteiger partial charge in [-0.1, -0.05) is 12.1 Å². The van der Waals surface area contributed by atoms with Gasteiger partial charge in [0.15, 0.2) is 17.0 Å². The number of fused-ring (bicyclic) bond motifs is 2. The van der Waals surface area contributed by atoms with Gasteiger partial charge in [0.25, 0.3) is 0 Å². The van der Waals surface area contributed by atoms with Crippen LogP contribution in [0.3, 0.4) is 0 Å². The van der Waals surface area contributed by atoms with E-state index in [4.69, 9.17) is 15.8 Å². The van der Waals surface area contributed by atoms with Crippen LogP contribution >= 0.6 is 11.3 Å². The molecule has 0 bridgehead atoms. The maximum absolute atomic E-state index is 6.28. The molecule has 5 heterocycles. The first-order valence-corrected chi connectivity index (χ1v) is 11.4. The Hall–Kier alpha value is -3.70. The maximum atomic E-state index is 6.28. The van der Waals surface area contributed by atoms with Crippen molar-refractivity contribution in [2.45, 2.75) is 6.54 Å². The molecule has 1 fully saturated rings. The van der Waals surface area contributed by atoms with E-state index in [1.807, 2.05) is 34.2 Å². The molecule has 4 N–H and O–H groups in total. The highest BCUT2D eigenvalue weighted by atomic mass is 32.1. The van der Waals surface area contributed by atoms with Gasteiger partial charge in [0.1, 0.15) is 12.2 Å². The van der Waals surface area contributed by atoms with Crippen molar-refractivity contribution in [1.82, 2.24) is 34.5 Å². The van der Waals surface area contributed by atoms with Crippen molar-refractivity contribution in [3.05, 3.63) is 53.2 Å². The molecule has 6 rings (SSSR count). The molecule has 1 aliphatic heterocycles. The fourth-order valence-electron chi connectivity index (χ4n) is 3.98. The lowest BCUT2D eigenvalue weighted by Gasteiger charge is -2.27. The van der Waals surface area contributed by atoms with Crippen molar-refractivity contribution in [2.24, 2.45) is 0 Å². The van der Waals surface area contributed by atoms with E-state index >= 15 is 0 Å². The van der Waals surface area contributed by atoms with Gasteiger partial charge in [-0.05, 0) is 23.6 Å². The number of aromatic nitrogens is 6. The van der Waals surface area contributed by atoms with E-state index in [9.17, 15) is 0 Å². The minimum Gasteiger partial charge on any atom is -0.361 e. The number of nitrogens with one attached hydrogen (secondary N) is 2. The number of hydrogen-bond donors (Lipinski definition) is 3. The van der Waals surface area contributed by atoms with Gasteiger partial charge < -0.3 is 21.4 Å². The Bertz CT molecular complexity index is 1380. The SMILES string of the molecule is Nn1c(CNc2nc(N3CCNCC3)nc3c2ncn3-c2ccsc2)nc2ccccc21. The van der Waals surface area contributed by atoms with Crippen LogP contribution < -0.4 is 21.4 Å². The summed E-state index contributed by atoms with van der Waals surface area (Å²) in [6.45, 7) is 3.95. The van der Waals surface area contributed by atoms with Crippen LogP contribution in [-0.4, -0.2) is 55.4 Å². The highest BCUT2D eigenvalue weighted by Crippen LogP contribution is 2.26. The average molecular weight is 447 g/mol. The van der Waals surface area contributed by atoms with E-state index < -0.39 is 0 Å². The van der Waals surface area contributed by atoms with Gasteiger partial charge in [-0.2, -0.15) is 21.3 Å². The molecule has 0 spiro atoms. The molecule has 1 aliphatic rings. The molecule has 1 saturated heterocycles. The van der Waals surface area contributed by atoms with Crippen LogP contribution in [0.5, 0.6) is 0 Å². The van der Waals surface area contributed by atoms with Gasteiger partial charge in [0.2, 0.25) is 5.95 Å². The molecule has 0 amide bonds. The van der Waals surface area contributed by atoms with E-state index in [-0.39, 0.29) is 0 Å². The number of nitrogens with zero attached hydrogens (tertiary/aromatic N) is 7. The maximum Gasteiger partial charge on any atom is 0.229 e. The Labute approximate surface area is 187 Å². The van der Waals surface area contributed by atoms with E-state index in [1.54, 1.807) is 22.3 Å². The van der Waals surface area contributed by atoms with Gasteiger partial charge in [0.05, 0.1) is 23.3 Å². The van der Waals surface area contributed by atoms with Crippen molar-refractivity contribution in [3.8, 4) is 5.69 Å². The predicted octanol–water partition coefficient (Wildman–Crippen LogP) is 1.96. The fraction of sp³-hybridized carbons (Fsp3) is 0.238. The smallest absolute Gasteiger partial charge is 0.229 e. The topological polar surface area (TPSA) is 115 Å². The third-order valence-electron chi connectivity index (χ3n) is 5.65. The van der Waals surface area contributed by atoms with Gasteiger partial charge >= 0.3 is 0 Å². The first kappa shape index (κ1) is 19.0. The van der Waals surface area contributed by atoms with Crippen LogP contribution in [0.1, 0.15) is 5.82 Å². The van der Waals surface area contributed by atoms with E-state index in [2.05, 4.69) is 36.9 Å². The molecule has 11 heteroatoms. The van der Waals surface area contributed by atoms with Gasteiger partial charge in [-0.15, -0.1) is 0 Å². The minimum absolute atomic E-state index is 0.420. The molecule has 1 aromatic carbocycles. The third-order valence-corrected chi connectivity index (χ3v) is 6.32. The number of nitrogen functional groups attached to an aromatic ring is 1. The Balaban J connectivity index is 1.40. The largest absolute Gasteiger partial charge is 0.361 e. The minimum atomic E-state index is 0.420. The number of thiophene rings is 1. The predicted molar refractivity (Wildman–Crippen MR) is 127 cm³/mol. The number of anilines is 2. The standard InChI is InChI=1S/C21H22N10S/c22-31-16-4-2-1-3-15(16)26-17(31)11-24-19-18-20(30(13-25-18)14-5-10-32-12-14)28-21(27-19)29-8-6-23-7-9-29/h1-5,10,12-13,23H,6-9,11,22H2,(H,24,27,28). The summed E-state index contributed by atoms with van der Waals surface area (Å²) in [7, 11) is 0. The Morgan fingerprint density at radius 1 is 1.09 bits per heavy atom. The molecular formula is C21H22N10S. The van der Waals surface area contributed by atoms with Crippen molar-refractivity contribution < 1.29 is 0 Å². The first-order valence-electron chi connectivity index (χ1n) is 10.5. The van der Waals surface area contributed by atoms with Crippen molar-refractivity contribution in [1.29, 1.82) is 0 Å². The number of piperazine rings is 1. The summed E-state index contributed by atoms with van der Waals surface area (Å²) in [5.41, 5.74) is 4.28. The summed E-state index contributed by atoms with van der Waals surface area (Å²) in [5, 5.41) is 10.9. The van der Waals surface area contributed by atoms with Gasteiger partial charge in [-0.3, -0.25) is 4.57 Å². The number of rotatable bonds is 5. The molecule has 0 unspecified atom stereocenters. The number of benzene rings is 1. The lowest BCUT2D eigenvalue weighted by Crippen LogP contribution is -2.44. The molecule has 4 aromatic heterocycles. The Kier molecular flexibility index (Phi) is 4.62. The van der Waals surface area contributed by atoms with Crippen LogP contribution in [-0.2, 0) is 6.54 Å². The van der Waals surface area contributed by atoms with E-state index in [0.717, 1.165) is 59.9 Å². The fourth-order valence-corrected chi connectivity index (χ4v) is 4.61. The summed E-state index contributed by atoms with van der Waals surface area (Å²) in [4.78, 5) is 21.2. The lowest BCUT2D eigenvalue weighted by molar-refractivity contribution is 0.580. The second kappa shape index (κ2) is 7.77. The van der Waals surface area contributed by atoms with Gasteiger partial charge in [-0.25, -0.2) is 14.6 Å². The molecule has 32 heavy (non-hydrogen) atoms. The molecular weight excluding hydrogens is 424 g/mol. The summed E-state index contributed by atoms with van der Waals surface area (Å²) in [5.74, 6) is 8.36. The van der Waals surface area contributed by atoms with E-state index in [1.165, 1.54) is 0 Å². The summed E-state index contributed by atoms with van der Waals surface area (Å²) >= 11 is 1.64. The third kappa shape index (κ3) is 3.22. The van der Waals surface area contributed by atoms with E-state index in [0.29, 0.717) is 18.3 Å². The number of imidazole rings is 2. The molecule has 0 radical (unpaired) electrons. The summed E-state index contributed by atoms with van der Waals surface area (Å²) in [6.07, 6.45) is 1.80. The van der Waals surface area contributed by atoms with Crippen LogP contribution in [0, 0.1) is 0 Å². The van der Waals surface area contributed by atoms with Crippen molar-refractivity contribution in [3.63, 3.8) is 0 Å². The first-order chi connectivity index (χ1) is 15.8. The molecule has 0 atom stereocenters. The molecule has 0 saturated carbocycles. The zero-order valence-corrected chi connectivity index (χ0v) is 18.1. The van der Waals surface area contributed by atoms with Crippen LogP contribution in [0.2, 0.25) is 0 Å². The highest BCUT2D eigenvalue weighted by Gasteiger charge is 2.20. The second-order valence-corrected chi connectivity index (χ2v) is 8.40. The van der Waals surface area contributed by atoms with Crippen molar-refractivity contribution >= 4 is 45.3 Å². The van der Waals surface area contributed by atoms with Crippen LogP contribution in [0.15, 0.2) is 47.4 Å². The number of hydrogen-bond acceptors (Lipinski definition) is 9. The quantitative estimate of drug-likeness (QED) is 0.351. The van der Waals surface area contributed by atoms with Gasteiger partial charge in [0, 0.05) is 31.6 Å². The monoisotopic (exact) mass is 446 g/mol.